The van der Waals surface area contributed by atoms with E-state index in [2.05, 4.69) is 35.8 Å². The van der Waals surface area contributed by atoms with Gasteiger partial charge in [0.25, 0.3) is 0 Å². The van der Waals surface area contributed by atoms with Crippen molar-refractivity contribution in [2.75, 3.05) is 6.54 Å². The van der Waals surface area contributed by atoms with Crippen molar-refractivity contribution in [3.05, 3.63) is 35.0 Å². The van der Waals surface area contributed by atoms with Crippen LogP contribution in [0, 0.1) is 6.92 Å². The Morgan fingerprint density at radius 1 is 1.44 bits per heavy atom. The fraction of sp³-hybridized carbons (Fsp3) is 0.429. The first-order valence-corrected chi connectivity index (χ1v) is 6.20. The molecule has 2 heteroatoms. The number of H-pyrrole nitrogens is 1. The van der Waals surface area contributed by atoms with Crippen LogP contribution in [0.1, 0.15) is 35.6 Å². The summed E-state index contributed by atoms with van der Waals surface area (Å²) in [7, 11) is 0. The predicted octanol–water partition coefficient (Wildman–Crippen LogP) is 2.14. The smallest absolute Gasteiger partial charge is 0.0824 e. The lowest BCUT2D eigenvalue weighted by Gasteiger charge is -2.19. The maximum absolute atomic E-state index is 4.08. The zero-order chi connectivity index (χ0) is 11.1. The lowest BCUT2D eigenvalue weighted by Crippen LogP contribution is -2.53. The molecule has 0 saturated carbocycles. The Morgan fingerprint density at radius 2 is 2.31 bits per heavy atom. The molecule has 0 spiro atoms. The Balaban J connectivity index is 2.24. The minimum atomic E-state index is 0.649. The summed E-state index contributed by atoms with van der Waals surface area (Å²) in [6.45, 7) is 3.18. The standard InChI is InChI=1S/C14H18N2/c1-9-5-6-13-12(7-9)11-4-2-3-10(8-15)14(11)16-13/h5-7,10,16H,2-4,8,15H2,1H3/p+1/t10-/m0/s1. The van der Waals surface area contributed by atoms with Crippen LogP contribution >= 0.6 is 0 Å². The molecule has 1 atom stereocenters. The number of aromatic amines is 1. The van der Waals surface area contributed by atoms with Gasteiger partial charge in [0.05, 0.1) is 6.54 Å². The second-order valence-electron chi connectivity index (χ2n) is 4.94. The van der Waals surface area contributed by atoms with Gasteiger partial charge < -0.3 is 10.7 Å². The van der Waals surface area contributed by atoms with Gasteiger partial charge in [0.2, 0.25) is 0 Å². The van der Waals surface area contributed by atoms with E-state index < -0.39 is 0 Å². The molecular weight excluding hydrogens is 196 g/mol. The van der Waals surface area contributed by atoms with E-state index in [0.29, 0.717) is 5.92 Å². The third kappa shape index (κ3) is 1.37. The molecule has 0 aliphatic heterocycles. The van der Waals surface area contributed by atoms with Gasteiger partial charge in [-0.05, 0) is 43.9 Å². The molecular formula is C14H19N2+. The summed E-state index contributed by atoms with van der Waals surface area (Å²) in [5.74, 6) is 0.649. The molecule has 0 radical (unpaired) electrons. The maximum Gasteiger partial charge on any atom is 0.0824 e. The van der Waals surface area contributed by atoms with Crippen molar-refractivity contribution in [3.63, 3.8) is 0 Å². The normalized spacial score (nSPS) is 20.0. The number of quaternary nitrogens is 1. The molecule has 4 N–H and O–H groups in total. The third-order valence-electron chi connectivity index (χ3n) is 3.83. The van der Waals surface area contributed by atoms with Crippen molar-refractivity contribution in [2.45, 2.75) is 32.1 Å². The number of fused-ring (bicyclic) bond motifs is 3. The van der Waals surface area contributed by atoms with Gasteiger partial charge in [-0.15, -0.1) is 0 Å². The highest BCUT2D eigenvalue weighted by molar-refractivity contribution is 5.85. The number of aromatic nitrogens is 1. The Morgan fingerprint density at radius 3 is 3.12 bits per heavy atom. The van der Waals surface area contributed by atoms with Gasteiger partial charge >= 0.3 is 0 Å². The number of nitrogens with one attached hydrogen (secondary N) is 1. The van der Waals surface area contributed by atoms with Crippen LogP contribution in [0.5, 0.6) is 0 Å². The fourth-order valence-corrected chi connectivity index (χ4v) is 2.96. The summed E-state index contributed by atoms with van der Waals surface area (Å²) >= 11 is 0. The van der Waals surface area contributed by atoms with Crippen molar-refractivity contribution in [2.24, 2.45) is 0 Å². The number of hydrogen-bond acceptors (Lipinski definition) is 0. The highest BCUT2D eigenvalue weighted by Crippen LogP contribution is 2.35. The van der Waals surface area contributed by atoms with Crippen LogP contribution in [0.2, 0.25) is 0 Å². The highest BCUT2D eigenvalue weighted by atomic mass is 14.8. The zero-order valence-corrected chi connectivity index (χ0v) is 9.84. The molecule has 0 unspecified atom stereocenters. The first-order valence-electron chi connectivity index (χ1n) is 6.20. The van der Waals surface area contributed by atoms with Gasteiger partial charge in [-0.25, -0.2) is 0 Å². The molecule has 1 aliphatic rings. The lowest BCUT2D eigenvalue weighted by molar-refractivity contribution is -0.373. The van der Waals surface area contributed by atoms with Crippen molar-refractivity contribution in [1.82, 2.24) is 4.98 Å². The van der Waals surface area contributed by atoms with E-state index in [1.54, 1.807) is 5.56 Å². The number of aryl methyl sites for hydroxylation is 2. The topological polar surface area (TPSA) is 43.4 Å². The summed E-state index contributed by atoms with van der Waals surface area (Å²) in [4.78, 5) is 3.60. The Bertz CT molecular complexity index is 525. The lowest BCUT2D eigenvalue weighted by atomic mass is 9.87. The average molecular weight is 215 g/mol. The first-order chi connectivity index (χ1) is 7.79. The quantitative estimate of drug-likeness (QED) is 0.732. The van der Waals surface area contributed by atoms with Gasteiger partial charge in [-0.2, -0.15) is 0 Å². The third-order valence-corrected chi connectivity index (χ3v) is 3.83. The van der Waals surface area contributed by atoms with Crippen LogP contribution < -0.4 is 5.73 Å². The highest BCUT2D eigenvalue weighted by Gasteiger charge is 2.24. The molecule has 84 valence electrons. The minimum Gasteiger partial charge on any atom is -0.358 e. The van der Waals surface area contributed by atoms with E-state index >= 15 is 0 Å². The van der Waals surface area contributed by atoms with Crippen molar-refractivity contribution >= 4 is 10.9 Å². The van der Waals surface area contributed by atoms with E-state index in [1.165, 1.54) is 41.4 Å². The zero-order valence-electron chi connectivity index (χ0n) is 9.84. The monoisotopic (exact) mass is 215 g/mol. The van der Waals surface area contributed by atoms with Crippen molar-refractivity contribution in [1.29, 1.82) is 0 Å². The van der Waals surface area contributed by atoms with E-state index in [4.69, 9.17) is 0 Å². The van der Waals surface area contributed by atoms with Crippen molar-refractivity contribution in [3.8, 4) is 0 Å². The van der Waals surface area contributed by atoms with Gasteiger partial charge in [0, 0.05) is 22.5 Å². The van der Waals surface area contributed by atoms with Crippen LogP contribution in [0.3, 0.4) is 0 Å². The van der Waals surface area contributed by atoms with Crippen LogP contribution in [-0.2, 0) is 6.42 Å². The molecule has 0 fully saturated rings. The first kappa shape index (κ1) is 9.91. The van der Waals surface area contributed by atoms with E-state index in [0.717, 1.165) is 6.54 Å². The molecule has 0 saturated heterocycles. The molecule has 1 aromatic carbocycles. The summed E-state index contributed by atoms with van der Waals surface area (Å²) in [5, 5.41) is 1.44. The van der Waals surface area contributed by atoms with Crippen LogP contribution in [0.15, 0.2) is 18.2 Å². The summed E-state index contributed by atoms with van der Waals surface area (Å²) in [5.41, 5.74) is 9.74. The number of hydrogen-bond donors (Lipinski definition) is 2. The largest absolute Gasteiger partial charge is 0.358 e. The average Bonchev–Trinajstić information content (AvgIpc) is 2.67. The summed E-state index contributed by atoms with van der Waals surface area (Å²) in [6, 6.07) is 6.71. The van der Waals surface area contributed by atoms with E-state index in [1.807, 2.05) is 0 Å². The molecule has 2 aromatic rings. The number of benzene rings is 1. The molecule has 1 heterocycles. The summed E-state index contributed by atoms with van der Waals surface area (Å²) in [6.07, 6.45) is 3.84. The Kier molecular flexibility index (Phi) is 2.25. The van der Waals surface area contributed by atoms with Gasteiger partial charge in [-0.1, -0.05) is 11.6 Å². The predicted molar refractivity (Wildman–Crippen MR) is 66.5 cm³/mol. The SMILES string of the molecule is Cc1ccc2[nH]c3c(c2c1)CCC[C@H]3C[NH3+]. The molecule has 16 heavy (non-hydrogen) atoms. The Hall–Kier alpha value is -1.28. The second kappa shape index (κ2) is 3.63. The molecule has 2 nitrogen and oxygen atoms in total. The van der Waals surface area contributed by atoms with E-state index in [-0.39, 0.29) is 0 Å². The fourth-order valence-electron chi connectivity index (χ4n) is 2.96. The molecule has 3 rings (SSSR count). The van der Waals surface area contributed by atoms with Gasteiger partial charge in [0.15, 0.2) is 0 Å². The van der Waals surface area contributed by atoms with Gasteiger partial charge in [0.1, 0.15) is 0 Å². The minimum absolute atomic E-state index is 0.649. The number of rotatable bonds is 1. The molecule has 1 aromatic heterocycles. The van der Waals surface area contributed by atoms with E-state index in [9.17, 15) is 0 Å². The molecule has 1 aliphatic carbocycles. The second-order valence-corrected chi connectivity index (χ2v) is 4.94. The Labute approximate surface area is 95.8 Å². The van der Waals surface area contributed by atoms with Crippen LogP contribution in [0.25, 0.3) is 10.9 Å². The molecule has 0 amide bonds. The van der Waals surface area contributed by atoms with Crippen molar-refractivity contribution < 1.29 is 5.73 Å². The van der Waals surface area contributed by atoms with Gasteiger partial charge in [-0.3, -0.25) is 0 Å². The van der Waals surface area contributed by atoms with Crippen LogP contribution in [-0.4, -0.2) is 11.5 Å². The molecule has 0 bridgehead atoms. The summed E-state index contributed by atoms with van der Waals surface area (Å²) < 4.78 is 0. The maximum atomic E-state index is 4.08. The van der Waals surface area contributed by atoms with Crippen LogP contribution in [0.4, 0.5) is 0 Å².